The van der Waals surface area contributed by atoms with Crippen LogP contribution in [-0.4, -0.2) is 24.8 Å². The average Bonchev–Trinajstić information content (AvgIpc) is 2.45. The van der Waals surface area contributed by atoms with Crippen molar-refractivity contribution in [1.82, 2.24) is 0 Å². The lowest BCUT2D eigenvalue weighted by molar-refractivity contribution is -0.151. The molecule has 4 nitrogen and oxygen atoms in total. The molecule has 0 bridgehead atoms. The van der Waals surface area contributed by atoms with Crippen LogP contribution in [0.5, 0.6) is 0 Å². The minimum absolute atomic E-state index is 0.169. The van der Waals surface area contributed by atoms with Crippen molar-refractivity contribution in [3.8, 4) is 0 Å². The van der Waals surface area contributed by atoms with Crippen LogP contribution in [0.1, 0.15) is 34.1 Å². The second-order valence-corrected chi connectivity index (χ2v) is 7.90. The smallest absolute Gasteiger partial charge is 0.309 e. The summed E-state index contributed by atoms with van der Waals surface area (Å²) in [5, 5.41) is 0.655. The Balaban J connectivity index is 2.88. The first-order valence-corrected chi connectivity index (χ1v) is 9.19. The molecule has 0 aliphatic carbocycles. The van der Waals surface area contributed by atoms with E-state index in [4.69, 9.17) is 9.26 Å². The summed E-state index contributed by atoms with van der Waals surface area (Å²) in [5.41, 5.74) is 0. The number of hydrogen-bond acceptors (Lipinski definition) is 4. The Morgan fingerprint density at radius 2 is 1.81 bits per heavy atom. The molecule has 0 aliphatic heterocycles. The maximum atomic E-state index is 13.1. The summed E-state index contributed by atoms with van der Waals surface area (Å²) in [4.78, 5) is 11.9. The lowest BCUT2D eigenvalue weighted by atomic mass is 10.2. The zero-order valence-electron chi connectivity index (χ0n) is 13.2. The highest BCUT2D eigenvalue weighted by Gasteiger charge is 2.31. The van der Waals surface area contributed by atoms with Crippen LogP contribution in [0.3, 0.4) is 0 Å². The Morgan fingerprint density at radius 1 is 1.19 bits per heavy atom. The third-order valence-corrected chi connectivity index (χ3v) is 5.64. The first-order chi connectivity index (χ1) is 9.89. The van der Waals surface area contributed by atoms with Gasteiger partial charge in [-0.3, -0.25) is 9.36 Å². The van der Waals surface area contributed by atoms with Crippen molar-refractivity contribution >= 4 is 18.6 Å². The maximum Gasteiger partial charge on any atom is 0.309 e. The summed E-state index contributed by atoms with van der Waals surface area (Å²) in [6, 6.07) is 9.10. The van der Waals surface area contributed by atoms with Gasteiger partial charge in [0.25, 0.3) is 0 Å². The Morgan fingerprint density at radius 3 is 2.33 bits per heavy atom. The molecule has 1 aromatic carbocycles. The fourth-order valence-corrected chi connectivity index (χ4v) is 4.35. The van der Waals surface area contributed by atoms with Crippen molar-refractivity contribution in [1.29, 1.82) is 0 Å². The summed E-state index contributed by atoms with van der Waals surface area (Å²) in [5.74, 6) is -0.795. The molecule has 0 spiro atoms. The normalized spacial score (nSPS) is 15.5. The van der Waals surface area contributed by atoms with Gasteiger partial charge in [0.05, 0.1) is 18.6 Å². The molecule has 1 rings (SSSR count). The Kier molecular flexibility index (Phi) is 7.13. The number of esters is 1. The van der Waals surface area contributed by atoms with E-state index >= 15 is 0 Å². The molecule has 0 radical (unpaired) electrons. The molecule has 5 heteroatoms. The highest BCUT2D eigenvalue weighted by Crippen LogP contribution is 2.47. The lowest BCUT2D eigenvalue weighted by Gasteiger charge is -2.22. The number of benzene rings is 1. The van der Waals surface area contributed by atoms with E-state index in [1.807, 2.05) is 25.1 Å². The molecule has 0 aromatic heterocycles. The summed E-state index contributed by atoms with van der Waals surface area (Å²) in [6.45, 7) is 7.71. The monoisotopic (exact) mass is 312 g/mol. The fraction of sp³-hybridized carbons (Fsp3) is 0.562. The predicted molar refractivity (Wildman–Crippen MR) is 85.2 cm³/mol. The first-order valence-electron chi connectivity index (χ1n) is 7.38. The van der Waals surface area contributed by atoms with Crippen LogP contribution in [0.4, 0.5) is 0 Å². The molecule has 0 heterocycles. The van der Waals surface area contributed by atoms with Gasteiger partial charge in [-0.15, -0.1) is 0 Å². The van der Waals surface area contributed by atoms with Gasteiger partial charge in [-0.2, -0.15) is 0 Å². The van der Waals surface area contributed by atoms with Crippen LogP contribution in [0.2, 0.25) is 0 Å². The molecule has 0 saturated heterocycles. The number of carbonyl (C=O) groups excluding carboxylic acids is 1. The van der Waals surface area contributed by atoms with Crippen LogP contribution >= 0.6 is 7.37 Å². The fourth-order valence-electron chi connectivity index (χ4n) is 1.91. The molecule has 2 unspecified atom stereocenters. The van der Waals surface area contributed by atoms with Crippen LogP contribution in [0, 0.1) is 5.92 Å². The van der Waals surface area contributed by atoms with Gasteiger partial charge in [-0.05, 0) is 32.4 Å². The van der Waals surface area contributed by atoms with Gasteiger partial charge in [0.1, 0.15) is 0 Å². The minimum atomic E-state index is -3.04. The molecular weight excluding hydrogens is 287 g/mol. The lowest BCUT2D eigenvalue weighted by Crippen LogP contribution is -2.24. The van der Waals surface area contributed by atoms with E-state index in [-0.39, 0.29) is 18.2 Å². The summed E-state index contributed by atoms with van der Waals surface area (Å²) in [6.07, 6.45) is 0.775. The van der Waals surface area contributed by atoms with Gasteiger partial charge in [-0.25, -0.2) is 0 Å². The van der Waals surface area contributed by atoms with E-state index in [1.165, 1.54) is 0 Å². The Labute approximate surface area is 127 Å². The molecule has 0 fully saturated rings. The minimum Gasteiger partial charge on any atom is -0.463 e. The van der Waals surface area contributed by atoms with Gasteiger partial charge in [-0.1, -0.05) is 32.0 Å². The van der Waals surface area contributed by atoms with Crippen molar-refractivity contribution < 1.29 is 18.6 Å². The number of rotatable bonds is 8. The maximum absolute atomic E-state index is 13.1. The van der Waals surface area contributed by atoms with Crippen molar-refractivity contribution in [3.05, 3.63) is 30.3 Å². The first kappa shape index (κ1) is 17.9. The molecule has 21 heavy (non-hydrogen) atoms. The zero-order chi connectivity index (χ0) is 15.9. The van der Waals surface area contributed by atoms with E-state index < -0.39 is 13.3 Å². The Hall–Kier alpha value is -1.12. The van der Waals surface area contributed by atoms with E-state index in [9.17, 15) is 9.36 Å². The van der Waals surface area contributed by atoms with Crippen LogP contribution < -0.4 is 5.30 Å². The van der Waals surface area contributed by atoms with E-state index in [1.54, 1.807) is 32.9 Å². The van der Waals surface area contributed by atoms with Crippen LogP contribution in [-0.2, 0) is 18.6 Å². The SMILES string of the molecule is CCCOP(=O)(CC(C)C(=O)OC(C)C)c1ccccc1. The second-order valence-electron chi connectivity index (χ2n) is 5.41. The van der Waals surface area contributed by atoms with E-state index in [0.29, 0.717) is 11.9 Å². The highest BCUT2D eigenvalue weighted by atomic mass is 31.2. The molecule has 0 N–H and O–H groups in total. The number of ether oxygens (including phenoxy) is 1. The Bertz CT molecular complexity index is 484. The van der Waals surface area contributed by atoms with Gasteiger partial charge >= 0.3 is 5.97 Å². The largest absolute Gasteiger partial charge is 0.463 e. The quantitative estimate of drug-likeness (QED) is 0.543. The van der Waals surface area contributed by atoms with Crippen LogP contribution in [0.25, 0.3) is 0 Å². The van der Waals surface area contributed by atoms with E-state index in [2.05, 4.69) is 0 Å². The van der Waals surface area contributed by atoms with Gasteiger partial charge in [0.15, 0.2) is 0 Å². The van der Waals surface area contributed by atoms with Crippen LogP contribution in [0.15, 0.2) is 30.3 Å². The van der Waals surface area contributed by atoms with Gasteiger partial charge < -0.3 is 9.26 Å². The summed E-state index contributed by atoms with van der Waals surface area (Å²) in [7, 11) is -3.04. The number of carbonyl (C=O) groups is 1. The third-order valence-electron chi connectivity index (χ3n) is 2.92. The molecule has 0 aliphatic rings. The molecular formula is C16H25O4P. The highest BCUT2D eigenvalue weighted by molar-refractivity contribution is 7.67. The second kappa shape index (κ2) is 8.35. The molecule has 0 amide bonds. The molecule has 2 atom stereocenters. The van der Waals surface area contributed by atoms with Crippen molar-refractivity contribution in [2.45, 2.75) is 40.2 Å². The number of hydrogen-bond donors (Lipinski definition) is 0. The molecule has 0 saturated carbocycles. The topological polar surface area (TPSA) is 52.6 Å². The average molecular weight is 312 g/mol. The van der Waals surface area contributed by atoms with E-state index in [0.717, 1.165) is 6.42 Å². The predicted octanol–water partition coefficient (Wildman–Crippen LogP) is 3.60. The van der Waals surface area contributed by atoms with Gasteiger partial charge in [0, 0.05) is 11.5 Å². The third kappa shape index (κ3) is 5.64. The standard InChI is InChI=1S/C16H25O4P/c1-5-11-19-21(18,15-9-7-6-8-10-15)12-14(4)16(17)20-13(2)3/h6-10,13-14H,5,11-12H2,1-4H3. The molecule has 1 aromatic rings. The van der Waals surface area contributed by atoms with Crippen molar-refractivity contribution in [2.24, 2.45) is 5.92 Å². The van der Waals surface area contributed by atoms with Crippen molar-refractivity contribution in [2.75, 3.05) is 12.8 Å². The van der Waals surface area contributed by atoms with Gasteiger partial charge in [0.2, 0.25) is 7.37 Å². The van der Waals surface area contributed by atoms with Crippen molar-refractivity contribution in [3.63, 3.8) is 0 Å². The molecule has 118 valence electrons. The zero-order valence-corrected chi connectivity index (χ0v) is 14.1. The summed E-state index contributed by atoms with van der Waals surface area (Å²) < 4.78 is 24.0. The summed E-state index contributed by atoms with van der Waals surface area (Å²) >= 11 is 0.